The largest absolute Gasteiger partial charge is 0.314 e. The second-order valence-corrected chi connectivity index (χ2v) is 4.91. The molecule has 0 amide bonds. The lowest BCUT2D eigenvalue weighted by Gasteiger charge is -2.34. The number of hydrogen-bond donors (Lipinski definition) is 1. The van der Waals surface area contributed by atoms with Gasteiger partial charge in [0, 0.05) is 26.2 Å². The predicted octanol–water partition coefficient (Wildman–Crippen LogP) is 2.51. The van der Waals surface area contributed by atoms with E-state index < -0.39 is 12.5 Å². The average molecular weight is 254 g/mol. The van der Waals surface area contributed by atoms with Crippen LogP contribution in [-0.4, -0.2) is 37.5 Å². The third-order valence-corrected chi connectivity index (χ3v) is 3.66. The molecule has 0 radical (unpaired) electrons. The molecule has 2 rings (SSSR count). The van der Waals surface area contributed by atoms with Gasteiger partial charge in [-0.3, -0.25) is 4.90 Å². The van der Waals surface area contributed by atoms with Gasteiger partial charge in [0.1, 0.15) is 0 Å². The number of alkyl halides is 2. The van der Waals surface area contributed by atoms with Gasteiger partial charge < -0.3 is 5.32 Å². The molecule has 1 aromatic carbocycles. The fourth-order valence-corrected chi connectivity index (χ4v) is 2.42. The minimum atomic E-state index is -2.34. The normalized spacial score (nSPS) is 19.2. The van der Waals surface area contributed by atoms with Gasteiger partial charge in [0.25, 0.3) is 6.43 Å². The second-order valence-electron chi connectivity index (χ2n) is 4.91. The summed E-state index contributed by atoms with van der Waals surface area (Å²) in [5.41, 5.74) is 2.95. The Balaban J connectivity index is 2.25. The molecule has 1 N–H and O–H groups in total. The molecule has 0 spiro atoms. The zero-order valence-corrected chi connectivity index (χ0v) is 10.9. The molecule has 0 aromatic heterocycles. The van der Waals surface area contributed by atoms with Crippen LogP contribution < -0.4 is 5.32 Å². The van der Waals surface area contributed by atoms with Gasteiger partial charge >= 0.3 is 0 Å². The molecule has 100 valence electrons. The van der Waals surface area contributed by atoms with Gasteiger partial charge in [-0.05, 0) is 30.5 Å². The first-order chi connectivity index (χ1) is 8.59. The van der Waals surface area contributed by atoms with E-state index in [2.05, 4.69) is 5.32 Å². The molecule has 0 aliphatic carbocycles. The molecule has 1 aliphatic heterocycles. The van der Waals surface area contributed by atoms with E-state index in [-0.39, 0.29) is 0 Å². The lowest BCUT2D eigenvalue weighted by atomic mass is 9.99. The minimum absolute atomic E-state index is 0.682. The summed E-state index contributed by atoms with van der Waals surface area (Å²) >= 11 is 0. The molecular weight excluding hydrogens is 234 g/mol. The number of aryl methyl sites for hydroxylation is 2. The third-order valence-electron chi connectivity index (χ3n) is 3.66. The third kappa shape index (κ3) is 2.87. The van der Waals surface area contributed by atoms with Crippen LogP contribution in [0.3, 0.4) is 0 Å². The summed E-state index contributed by atoms with van der Waals surface area (Å²) in [6.45, 7) is 6.91. The summed E-state index contributed by atoms with van der Waals surface area (Å²) < 4.78 is 26.7. The molecule has 1 aromatic rings. The smallest absolute Gasteiger partial charge is 0.258 e. The van der Waals surface area contributed by atoms with Crippen molar-refractivity contribution in [3.63, 3.8) is 0 Å². The Labute approximate surface area is 107 Å². The van der Waals surface area contributed by atoms with Crippen LogP contribution in [0.15, 0.2) is 18.2 Å². The summed E-state index contributed by atoms with van der Waals surface area (Å²) in [5.74, 6) is 0. The monoisotopic (exact) mass is 254 g/mol. The summed E-state index contributed by atoms with van der Waals surface area (Å²) in [7, 11) is 0. The number of halogens is 2. The highest BCUT2D eigenvalue weighted by Gasteiger charge is 2.30. The highest BCUT2D eigenvalue weighted by Crippen LogP contribution is 2.29. The Hall–Kier alpha value is -1.00. The van der Waals surface area contributed by atoms with Crippen molar-refractivity contribution in [2.45, 2.75) is 26.3 Å². The maximum Gasteiger partial charge on any atom is 0.258 e. The lowest BCUT2D eigenvalue weighted by Crippen LogP contribution is -2.46. The van der Waals surface area contributed by atoms with E-state index in [1.54, 1.807) is 0 Å². The summed E-state index contributed by atoms with van der Waals surface area (Å²) in [6, 6.07) is 4.89. The van der Waals surface area contributed by atoms with Gasteiger partial charge in [-0.1, -0.05) is 18.2 Å². The molecule has 1 atom stereocenters. The van der Waals surface area contributed by atoms with Gasteiger partial charge in [-0.15, -0.1) is 0 Å². The van der Waals surface area contributed by atoms with Crippen molar-refractivity contribution >= 4 is 0 Å². The highest BCUT2D eigenvalue weighted by molar-refractivity contribution is 5.32. The number of benzene rings is 1. The van der Waals surface area contributed by atoms with Crippen LogP contribution in [0, 0.1) is 13.8 Å². The van der Waals surface area contributed by atoms with Crippen LogP contribution in [0.25, 0.3) is 0 Å². The molecule has 0 unspecified atom stereocenters. The molecular formula is C14H20F2N2. The molecule has 1 saturated heterocycles. The van der Waals surface area contributed by atoms with Crippen molar-refractivity contribution in [3.8, 4) is 0 Å². The zero-order valence-electron chi connectivity index (χ0n) is 10.9. The van der Waals surface area contributed by atoms with Crippen molar-refractivity contribution in [1.82, 2.24) is 10.2 Å². The molecule has 2 nitrogen and oxygen atoms in total. The zero-order chi connectivity index (χ0) is 13.1. The van der Waals surface area contributed by atoms with E-state index in [9.17, 15) is 8.78 Å². The van der Waals surface area contributed by atoms with E-state index in [1.165, 1.54) is 0 Å². The predicted molar refractivity (Wildman–Crippen MR) is 69.1 cm³/mol. The fraction of sp³-hybridized carbons (Fsp3) is 0.571. The van der Waals surface area contributed by atoms with Crippen molar-refractivity contribution in [3.05, 3.63) is 34.9 Å². The van der Waals surface area contributed by atoms with E-state index in [4.69, 9.17) is 0 Å². The van der Waals surface area contributed by atoms with Crippen LogP contribution in [0.5, 0.6) is 0 Å². The van der Waals surface area contributed by atoms with E-state index in [1.807, 2.05) is 36.9 Å². The van der Waals surface area contributed by atoms with Crippen LogP contribution >= 0.6 is 0 Å². The van der Waals surface area contributed by atoms with E-state index in [0.29, 0.717) is 13.1 Å². The van der Waals surface area contributed by atoms with Gasteiger partial charge in [0.2, 0.25) is 0 Å². The summed E-state index contributed by atoms with van der Waals surface area (Å²) in [5, 5.41) is 3.19. The number of piperazine rings is 1. The van der Waals surface area contributed by atoms with Crippen molar-refractivity contribution in [1.29, 1.82) is 0 Å². The Kier molecular flexibility index (Phi) is 4.30. The molecule has 1 fully saturated rings. The minimum Gasteiger partial charge on any atom is -0.314 e. The maximum atomic E-state index is 13.3. The van der Waals surface area contributed by atoms with Gasteiger partial charge in [0.05, 0.1) is 6.04 Å². The number of nitrogens with zero attached hydrogens (tertiary/aromatic N) is 1. The van der Waals surface area contributed by atoms with Gasteiger partial charge in [-0.2, -0.15) is 0 Å². The molecule has 1 heterocycles. The Morgan fingerprint density at radius 2 is 1.78 bits per heavy atom. The molecule has 18 heavy (non-hydrogen) atoms. The van der Waals surface area contributed by atoms with Crippen molar-refractivity contribution < 1.29 is 8.78 Å². The first-order valence-corrected chi connectivity index (χ1v) is 6.39. The highest BCUT2D eigenvalue weighted by atomic mass is 19.3. The Bertz CT molecular complexity index is 401. The SMILES string of the molecule is Cc1ccc([C@@H](C(F)F)N2CCNCC2)cc1C. The maximum absolute atomic E-state index is 13.3. The second kappa shape index (κ2) is 5.76. The van der Waals surface area contributed by atoms with Crippen LogP contribution in [0.4, 0.5) is 8.78 Å². The number of hydrogen-bond acceptors (Lipinski definition) is 2. The summed E-state index contributed by atoms with van der Waals surface area (Å²) in [6.07, 6.45) is -2.34. The van der Waals surface area contributed by atoms with E-state index in [0.717, 1.165) is 29.8 Å². The fourth-order valence-electron chi connectivity index (χ4n) is 2.42. The van der Waals surface area contributed by atoms with E-state index >= 15 is 0 Å². The standard InChI is InChI=1S/C14H20F2N2/c1-10-3-4-12(9-11(10)2)13(14(15)16)18-7-5-17-6-8-18/h3-4,9,13-14,17H,5-8H2,1-2H3/t13-/m0/s1. The van der Waals surface area contributed by atoms with Crippen molar-refractivity contribution in [2.24, 2.45) is 0 Å². The van der Waals surface area contributed by atoms with Gasteiger partial charge in [-0.25, -0.2) is 8.78 Å². The topological polar surface area (TPSA) is 15.3 Å². The number of rotatable bonds is 3. The Morgan fingerprint density at radius 1 is 1.11 bits per heavy atom. The first kappa shape index (κ1) is 13.4. The summed E-state index contributed by atoms with van der Waals surface area (Å²) in [4.78, 5) is 1.88. The van der Waals surface area contributed by atoms with Crippen LogP contribution in [-0.2, 0) is 0 Å². The molecule has 0 saturated carbocycles. The molecule has 0 bridgehead atoms. The van der Waals surface area contributed by atoms with Crippen LogP contribution in [0.1, 0.15) is 22.7 Å². The average Bonchev–Trinajstić information content (AvgIpc) is 2.35. The molecule has 1 aliphatic rings. The first-order valence-electron chi connectivity index (χ1n) is 6.39. The number of nitrogens with one attached hydrogen (secondary N) is 1. The lowest BCUT2D eigenvalue weighted by molar-refractivity contribution is 0.0181. The van der Waals surface area contributed by atoms with Gasteiger partial charge in [0.15, 0.2) is 0 Å². The Morgan fingerprint density at radius 3 is 2.33 bits per heavy atom. The quantitative estimate of drug-likeness (QED) is 0.891. The van der Waals surface area contributed by atoms with Crippen molar-refractivity contribution in [2.75, 3.05) is 26.2 Å². The molecule has 4 heteroatoms. The van der Waals surface area contributed by atoms with Crippen LogP contribution in [0.2, 0.25) is 0 Å².